The number of rotatable bonds is 4. The molecule has 0 N–H and O–H groups in total. The van der Waals surface area contributed by atoms with Crippen molar-refractivity contribution in [2.75, 3.05) is 25.0 Å². The van der Waals surface area contributed by atoms with Crippen molar-refractivity contribution in [2.24, 2.45) is 5.92 Å². The van der Waals surface area contributed by atoms with Gasteiger partial charge in [0.15, 0.2) is 0 Å². The first kappa shape index (κ1) is 19.3. The van der Waals surface area contributed by atoms with E-state index in [4.69, 9.17) is 0 Å². The number of anilines is 1. The first-order chi connectivity index (χ1) is 12.8. The number of hydrogen-bond acceptors (Lipinski definition) is 4. The van der Waals surface area contributed by atoms with Crippen LogP contribution in [-0.2, 0) is 16.8 Å². The maximum absolute atomic E-state index is 13.0. The summed E-state index contributed by atoms with van der Waals surface area (Å²) in [6, 6.07) is 10.4. The van der Waals surface area contributed by atoms with Gasteiger partial charge in [0.25, 0.3) is 0 Å². The van der Waals surface area contributed by atoms with Crippen molar-refractivity contribution in [3.8, 4) is 0 Å². The van der Waals surface area contributed by atoms with Crippen molar-refractivity contribution in [3.63, 3.8) is 0 Å². The summed E-state index contributed by atoms with van der Waals surface area (Å²) in [5.41, 5.74) is 2.62. The molecule has 1 unspecified atom stereocenters. The number of aromatic nitrogens is 2. The molecule has 3 rings (SSSR count). The zero-order valence-electron chi connectivity index (χ0n) is 16.9. The molecule has 1 aliphatic heterocycles. The molecule has 2 heterocycles. The molecule has 0 radical (unpaired) electrons. The summed E-state index contributed by atoms with van der Waals surface area (Å²) in [4.78, 5) is 25.6. The lowest BCUT2D eigenvalue weighted by atomic mass is 9.87. The molecule has 1 aliphatic rings. The van der Waals surface area contributed by atoms with Gasteiger partial charge in [0, 0.05) is 39.1 Å². The van der Waals surface area contributed by atoms with Crippen molar-refractivity contribution in [3.05, 3.63) is 53.9 Å². The normalized spacial score (nSPS) is 17.6. The monoisotopic (exact) mass is 366 g/mol. The average molecular weight is 367 g/mol. The van der Waals surface area contributed by atoms with Crippen LogP contribution in [0.25, 0.3) is 0 Å². The molecule has 0 spiro atoms. The third-order valence-corrected chi connectivity index (χ3v) is 5.22. The molecule has 1 saturated heterocycles. The number of amides is 1. The van der Waals surface area contributed by atoms with Crippen molar-refractivity contribution in [1.82, 2.24) is 14.9 Å². The third-order valence-electron chi connectivity index (χ3n) is 5.22. The Morgan fingerprint density at radius 2 is 1.85 bits per heavy atom. The second kappa shape index (κ2) is 8.07. The molecule has 1 aromatic carbocycles. The summed E-state index contributed by atoms with van der Waals surface area (Å²) >= 11 is 0. The number of carbonyl (C=O) groups is 1. The second-order valence-corrected chi connectivity index (χ2v) is 8.48. The van der Waals surface area contributed by atoms with Gasteiger partial charge >= 0.3 is 0 Å². The van der Waals surface area contributed by atoms with E-state index in [0.29, 0.717) is 13.1 Å². The van der Waals surface area contributed by atoms with Crippen LogP contribution in [0.4, 0.5) is 5.95 Å². The summed E-state index contributed by atoms with van der Waals surface area (Å²) in [6.45, 7) is 8.87. The summed E-state index contributed by atoms with van der Waals surface area (Å²) in [5.74, 6) is 0.923. The summed E-state index contributed by atoms with van der Waals surface area (Å²) < 4.78 is 0. The van der Waals surface area contributed by atoms with Crippen LogP contribution >= 0.6 is 0 Å². The van der Waals surface area contributed by atoms with Crippen molar-refractivity contribution in [1.29, 1.82) is 0 Å². The molecule has 1 aromatic heterocycles. The third kappa shape index (κ3) is 4.85. The van der Waals surface area contributed by atoms with Gasteiger partial charge < -0.3 is 9.80 Å². The molecule has 1 amide bonds. The van der Waals surface area contributed by atoms with Crippen LogP contribution in [0.2, 0.25) is 0 Å². The molecular weight excluding hydrogens is 336 g/mol. The quantitative estimate of drug-likeness (QED) is 0.829. The predicted molar refractivity (Wildman–Crippen MR) is 109 cm³/mol. The second-order valence-electron chi connectivity index (χ2n) is 8.48. The lowest BCUT2D eigenvalue weighted by Gasteiger charge is -2.34. The molecule has 1 atom stereocenters. The minimum atomic E-state index is 0.00130. The van der Waals surface area contributed by atoms with Gasteiger partial charge in [-0.2, -0.15) is 0 Å². The first-order valence-electron chi connectivity index (χ1n) is 9.71. The minimum Gasteiger partial charge on any atom is -0.341 e. The van der Waals surface area contributed by atoms with Crippen molar-refractivity contribution in [2.45, 2.75) is 45.6 Å². The van der Waals surface area contributed by atoms with Crippen LogP contribution in [0.15, 0.2) is 42.7 Å². The maximum Gasteiger partial charge on any atom is 0.227 e. The molecule has 5 nitrogen and oxygen atoms in total. The Balaban J connectivity index is 1.61. The number of carbonyl (C=O) groups excluding carboxylic acids is 1. The van der Waals surface area contributed by atoms with Crippen molar-refractivity contribution < 1.29 is 4.79 Å². The van der Waals surface area contributed by atoms with Gasteiger partial charge in [-0.05, 0) is 35.4 Å². The fourth-order valence-corrected chi connectivity index (χ4v) is 3.59. The maximum atomic E-state index is 13.0. The Kier molecular flexibility index (Phi) is 5.78. The lowest BCUT2D eigenvalue weighted by molar-refractivity contribution is -0.135. The highest BCUT2D eigenvalue weighted by Crippen LogP contribution is 2.24. The first-order valence-corrected chi connectivity index (χ1v) is 9.71. The zero-order chi connectivity index (χ0) is 19.4. The van der Waals surface area contributed by atoms with Gasteiger partial charge in [-0.3, -0.25) is 4.79 Å². The summed E-state index contributed by atoms with van der Waals surface area (Å²) in [6.07, 6.45) is 5.42. The Labute approximate surface area is 162 Å². The number of hydrogen-bond donors (Lipinski definition) is 0. The van der Waals surface area contributed by atoms with Crippen LogP contribution in [0.1, 0.15) is 44.7 Å². The van der Waals surface area contributed by atoms with Crippen LogP contribution in [0.5, 0.6) is 0 Å². The largest absolute Gasteiger partial charge is 0.341 e. The highest BCUT2D eigenvalue weighted by molar-refractivity contribution is 5.79. The molecule has 144 valence electrons. The van der Waals surface area contributed by atoms with Gasteiger partial charge in [-0.15, -0.1) is 0 Å². The molecule has 27 heavy (non-hydrogen) atoms. The van der Waals surface area contributed by atoms with Gasteiger partial charge in [-0.1, -0.05) is 45.0 Å². The van der Waals surface area contributed by atoms with Crippen LogP contribution in [0.3, 0.4) is 0 Å². The van der Waals surface area contributed by atoms with Crippen LogP contribution in [0, 0.1) is 5.92 Å². The SMILES string of the molecule is CN(Cc1ccc(C(C)(C)C)cc1)C(=O)C1CCCN(c2ncccn2)C1. The van der Waals surface area contributed by atoms with Gasteiger partial charge in [-0.25, -0.2) is 9.97 Å². The van der Waals surface area contributed by atoms with Crippen LogP contribution in [-0.4, -0.2) is 40.9 Å². The Bertz CT molecular complexity index is 752. The van der Waals surface area contributed by atoms with Crippen LogP contribution < -0.4 is 4.90 Å². The van der Waals surface area contributed by atoms with E-state index in [-0.39, 0.29) is 17.2 Å². The number of piperidine rings is 1. The minimum absolute atomic E-state index is 0.00130. The standard InChI is InChI=1S/C22H30N4O/c1-22(2,3)19-10-8-17(9-11-19)15-25(4)20(27)18-7-5-14-26(16-18)21-23-12-6-13-24-21/h6,8-13,18H,5,7,14-16H2,1-4H3. The molecule has 5 heteroatoms. The molecule has 0 saturated carbocycles. The lowest BCUT2D eigenvalue weighted by Crippen LogP contribution is -2.44. The predicted octanol–water partition coefficient (Wildman–Crippen LogP) is 3.65. The Morgan fingerprint density at radius 3 is 2.48 bits per heavy atom. The topological polar surface area (TPSA) is 49.3 Å². The van der Waals surface area contributed by atoms with E-state index in [1.807, 2.05) is 18.0 Å². The van der Waals surface area contributed by atoms with E-state index in [9.17, 15) is 4.79 Å². The van der Waals surface area contributed by atoms with E-state index in [1.54, 1.807) is 12.4 Å². The molecule has 2 aromatic rings. The fourth-order valence-electron chi connectivity index (χ4n) is 3.59. The molecular formula is C22H30N4O. The molecule has 0 aliphatic carbocycles. The fraction of sp³-hybridized carbons (Fsp3) is 0.500. The van der Waals surface area contributed by atoms with E-state index in [1.165, 1.54) is 5.56 Å². The molecule has 0 bridgehead atoms. The zero-order valence-corrected chi connectivity index (χ0v) is 16.9. The highest BCUT2D eigenvalue weighted by atomic mass is 16.2. The van der Waals surface area contributed by atoms with Crippen molar-refractivity contribution >= 4 is 11.9 Å². The highest BCUT2D eigenvalue weighted by Gasteiger charge is 2.29. The Morgan fingerprint density at radius 1 is 1.19 bits per heavy atom. The summed E-state index contributed by atoms with van der Waals surface area (Å²) in [7, 11) is 1.90. The molecule has 1 fully saturated rings. The van der Waals surface area contributed by atoms with Gasteiger partial charge in [0.1, 0.15) is 0 Å². The number of nitrogens with zero attached hydrogens (tertiary/aromatic N) is 4. The van der Waals surface area contributed by atoms with Gasteiger partial charge in [0.05, 0.1) is 5.92 Å². The Hall–Kier alpha value is -2.43. The smallest absolute Gasteiger partial charge is 0.227 e. The summed E-state index contributed by atoms with van der Waals surface area (Å²) in [5, 5.41) is 0. The van der Waals surface area contributed by atoms with E-state index in [0.717, 1.165) is 30.9 Å². The average Bonchev–Trinajstić information content (AvgIpc) is 2.68. The number of benzene rings is 1. The van der Waals surface area contributed by atoms with E-state index >= 15 is 0 Å². The van der Waals surface area contributed by atoms with E-state index in [2.05, 4.69) is 59.9 Å². The van der Waals surface area contributed by atoms with Gasteiger partial charge in [0.2, 0.25) is 11.9 Å². The van der Waals surface area contributed by atoms with E-state index < -0.39 is 0 Å².